The Morgan fingerprint density at radius 3 is 1.75 bits per heavy atom. The van der Waals surface area contributed by atoms with Crippen molar-refractivity contribution in [3.8, 4) is 5.75 Å². The lowest BCUT2D eigenvalue weighted by atomic mass is 10.3. The van der Waals surface area contributed by atoms with Crippen LogP contribution in [0.2, 0.25) is 0 Å². The van der Waals surface area contributed by atoms with E-state index < -0.39 is 12.8 Å². The van der Waals surface area contributed by atoms with E-state index in [1.165, 1.54) is 12.1 Å². The molecule has 4 heteroatoms. The van der Waals surface area contributed by atoms with Gasteiger partial charge >= 0.3 is 6.18 Å². The monoisotopic (exact) mass is 236 g/mol. The molecule has 0 bridgehead atoms. The molecule has 0 heterocycles. The molecule has 0 radical (unpaired) electrons. The number of para-hydroxylation sites is 1. The van der Waals surface area contributed by atoms with Crippen LogP contribution in [-0.2, 0) is 0 Å². The largest absolute Gasteiger partial charge is 0.484 e. The van der Waals surface area contributed by atoms with Crippen LogP contribution in [0.5, 0.6) is 5.75 Å². The van der Waals surface area contributed by atoms with Crippen LogP contribution < -0.4 is 4.74 Å². The zero-order valence-electron chi connectivity index (χ0n) is 10.1. The molecule has 0 unspecified atom stereocenters. The first kappa shape index (κ1) is 17.2. The Morgan fingerprint density at radius 1 is 0.938 bits per heavy atom. The topological polar surface area (TPSA) is 9.23 Å². The molecule has 0 atom stereocenters. The van der Waals surface area contributed by atoms with Crippen molar-refractivity contribution in [3.05, 3.63) is 30.3 Å². The van der Waals surface area contributed by atoms with Crippen LogP contribution in [0, 0.1) is 0 Å². The number of ether oxygens (including phenoxy) is 1. The predicted molar refractivity (Wildman–Crippen MR) is 60.7 cm³/mol. The molecule has 94 valence electrons. The van der Waals surface area contributed by atoms with Gasteiger partial charge in [0.25, 0.3) is 0 Å². The van der Waals surface area contributed by atoms with Crippen LogP contribution in [0.4, 0.5) is 13.2 Å². The normalized spacial score (nSPS) is 9.19. The summed E-state index contributed by atoms with van der Waals surface area (Å²) in [5.41, 5.74) is 0. The summed E-state index contributed by atoms with van der Waals surface area (Å²) in [4.78, 5) is 0. The molecule has 1 rings (SSSR count). The molecule has 0 spiro atoms. The molecule has 0 aliphatic carbocycles. The number of alkyl halides is 3. The summed E-state index contributed by atoms with van der Waals surface area (Å²) in [6.07, 6.45) is -4.27. The van der Waals surface area contributed by atoms with Crippen LogP contribution >= 0.6 is 0 Å². The maximum atomic E-state index is 11.6. The fraction of sp³-hybridized carbons (Fsp3) is 0.500. The highest BCUT2D eigenvalue weighted by molar-refractivity contribution is 5.20. The number of rotatable bonds is 2. The Labute approximate surface area is 95.2 Å². The van der Waals surface area contributed by atoms with Crippen molar-refractivity contribution < 1.29 is 17.9 Å². The molecule has 0 fully saturated rings. The van der Waals surface area contributed by atoms with Crippen molar-refractivity contribution in [1.82, 2.24) is 0 Å². The van der Waals surface area contributed by atoms with E-state index in [1.54, 1.807) is 18.2 Å². The van der Waals surface area contributed by atoms with E-state index in [0.29, 0.717) is 0 Å². The molecule has 0 N–H and O–H groups in total. The van der Waals surface area contributed by atoms with E-state index in [4.69, 9.17) is 0 Å². The van der Waals surface area contributed by atoms with E-state index >= 15 is 0 Å². The zero-order chi connectivity index (χ0) is 13.0. The molecule has 0 amide bonds. The lowest BCUT2D eigenvalue weighted by Gasteiger charge is -2.07. The number of halogens is 3. The van der Waals surface area contributed by atoms with Crippen molar-refractivity contribution in [2.45, 2.75) is 33.9 Å². The van der Waals surface area contributed by atoms with Gasteiger partial charge in [0.05, 0.1) is 0 Å². The van der Waals surface area contributed by atoms with Gasteiger partial charge in [-0.3, -0.25) is 0 Å². The van der Waals surface area contributed by atoms with Gasteiger partial charge in [-0.05, 0) is 12.1 Å². The second-order valence-electron chi connectivity index (χ2n) is 2.22. The fourth-order valence-electron chi connectivity index (χ4n) is 0.682. The van der Waals surface area contributed by atoms with Gasteiger partial charge in [0.2, 0.25) is 0 Å². The van der Waals surface area contributed by atoms with Crippen molar-refractivity contribution in [2.75, 3.05) is 6.61 Å². The minimum Gasteiger partial charge on any atom is -0.484 e. The molecule has 16 heavy (non-hydrogen) atoms. The van der Waals surface area contributed by atoms with Gasteiger partial charge in [-0.25, -0.2) is 0 Å². The third-order valence-corrected chi connectivity index (χ3v) is 1.15. The molecule has 0 saturated heterocycles. The third kappa shape index (κ3) is 10.9. The van der Waals surface area contributed by atoms with E-state index in [0.717, 1.165) is 0 Å². The first-order chi connectivity index (χ1) is 7.58. The molecule has 1 aromatic rings. The minimum atomic E-state index is -4.27. The first-order valence-electron chi connectivity index (χ1n) is 5.32. The highest BCUT2D eigenvalue weighted by Crippen LogP contribution is 2.17. The Bertz CT molecular complexity index is 232. The molecule has 0 aliphatic rings. The zero-order valence-corrected chi connectivity index (χ0v) is 10.1. The molecule has 0 saturated carbocycles. The Balaban J connectivity index is 0. The van der Waals surface area contributed by atoms with Crippen molar-refractivity contribution in [1.29, 1.82) is 0 Å². The molecular weight excluding hydrogens is 217 g/mol. The molecule has 0 aromatic heterocycles. The van der Waals surface area contributed by atoms with Crippen molar-refractivity contribution in [3.63, 3.8) is 0 Å². The fourth-order valence-corrected chi connectivity index (χ4v) is 0.682. The van der Waals surface area contributed by atoms with Crippen LogP contribution in [-0.4, -0.2) is 12.8 Å². The minimum absolute atomic E-state index is 0.231. The highest BCUT2D eigenvalue weighted by atomic mass is 19.4. The van der Waals surface area contributed by atoms with Gasteiger partial charge in [0, 0.05) is 0 Å². The van der Waals surface area contributed by atoms with Gasteiger partial charge in [0.1, 0.15) is 5.75 Å². The van der Waals surface area contributed by atoms with Gasteiger partial charge in [0.15, 0.2) is 6.61 Å². The van der Waals surface area contributed by atoms with Gasteiger partial charge in [-0.15, -0.1) is 0 Å². The number of benzene rings is 1. The van der Waals surface area contributed by atoms with E-state index in [2.05, 4.69) is 4.74 Å². The maximum Gasteiger partial charge on any atom is 0.422 e. The summed E-state index contributed by atoms with van der Waals surface area (Å²) in [5, 5.41) is 0. The van der Waals surface area contributed by atoms with Crippen LogP contribution in [0.15, 0.2) is 30.3 Å². The Hall–Kier alpha value is -1.19. The molecular formula is C12H19F3O. The third-order valence-electron chi connectivity index (χ3n) is 1.15. The second kappa shape index (κ2) is 10.3. The van der Waals surface area contributed by atoms with Crippen molar-refractivity contribution in [2.24, 2.45) is 0 Å². The first-order valence-corrected chi connectivity index (χ1v) is 5.32. The summed E-state index contributed by atoms with van der Waals surface area (Å²) >= 11 is 0. The van der Waals surface area contributed by atoms with Crippen LogP contribution in [0.1, 0.15) is 27.7 Å². The van der Waals surface area contributed by atoms with Crippen molar-refractivity contribution >= 4 is 0 Å². The maximum absolute atomic E-state index is 11.6. The summed E-state index contributed by atoms with van der Waals surface area (Å²) in [6, 6.07) is 7.90. The summed E-state index contributed by atoms with van der Waals surface area (Å²) < 4.78 is 39.3. The highest BCUT2D eigenvalue weighted by Gasteiger charge is 2.28. The van der Waals surface area contributed by atoms with Crippen LogP contribution in [0.25, 0.3) is 0 Å². The number of hydrogen-bond acceptors (Lipinski definition) is 1. The van der Waals surface area contributed by atoms with Gasteiger partial charge in [-0.2, -0.15) is 13.2 Å². The van der Waals surface area contributed by atoms with E-state index in [1.807, 2.05) is 27.7 Å². The van der Waals surface area contributed by atoms with Gasteiger partial charge < -0.3 is 4.74 Å². The molecule has 1 aromatic carbocycles. The number of hydrogen-bond donors (Lipinski definition) is 0. The van der Waals surface area contributed by atoms with E-state index in [9.17, 15) is 13.2 Å². The predicted octanol–water partition coefficient (Wildman–Crippen LogP) is 4.68. The molecule has 1 nitrogen and oxygen atoms in total. The summed E-state index contributed by atoms with van der Waals surface area (Å²) in [6.45, 7) is 6.76. The lowest BCUT2D eigenvalue weighted by Crippen LogP contribution is -2.19. The summed E-state index contributed by atoms with van der Waals surface area (Å²) in [7, 11) is 0. The quantitative estimate of drug-likeness (QED) is 0.724. The SMILES string of the molecule is CC.CC.FC(F)(F)COc1ccccc1. The Kier molecular flexibility index (Phi) is 11.1. The van der Waals surface area contributed by atoms with Crippen LogP contribution in [0.3, 0.4) is 0 Å². The lowest BCUT2D eigenvalue weighted by molar-refractivity contribution is -0.153. The average molecular weight is 236 g/mol. The van der Waals surface area contributed by atoms with E-state index in [-0.39, 0.29) is 5.75 Å². The molecule has 0 aliphatic heterocycles. The standard InChI is InChI=1S/C8H7F3O.2C2H6/c9-8(10,11)6-12-7-4-2-1-3-5-7;2*1-2/h1-5H,6H2;2*1-2H3. The summed E-state index contributed by atoms with van der Waals surface area (Å²) in [5.74, 6) is 0.231. The second-order valence-corrected chi connectivity index (χ2v) is 2.22. The smallest absolute Gasteiger partial charge is 0.422 e. The Morgan fingerprint density at radius 2 is 1.38 bits per heavy atom. The van der Waals surface area contributed by atoms with Gasteiger partial charge in [-0.1, -0.05) is 45.9 Å². The average Bonchev–Trinajstić information content (AvgIpc) is 2.32.